The zero-order chi connectivity index (χ0) is 34.5. The lowest BCUT2D eigenvalue weighted by Crippen LogP contribution is -2.71. The van der Waals surface area contributed by atoms with E-state index in [1.54, 1.807) is 10.9 Å². The van der Waals surface area contributed by atoms with Crippen molar-refractivity contribution >= 4 is 106 Å². The van der Waals surface area contributed by atoms with Gasteiger partial charge < -0.3 is 21.1 Å². The number of nitrogens with zero attached hydrogens (tertiary/aromatic N) is 4. The lowest BCUT2D eigenvalue weighted by atomic mass is 10.0. The van der Waals surface area contributed by atoms with Gasteiger partial charge in [0.15, 0.2) is 21.6 Å². The van der Waals surface area contributed by atoms with E-state index >= 15 is 0 Å². The Morgan fingerprint density at radius 2 is 1.67 bits per heavy atom. The number of hydrogen-bond acceptors (Lipinski definition) is 15. The van der Waals surface area contributed by atoms with E-state index in [2.05, 4.69) is 25.8 Å². The molecule has 2 aromatic heterocycles. The van der Waals surface area contributed by atoms with Crippen LogP contribution in [-0.2, 0) is 28.7 Å². The van der Waals surface area contributed by atoms with Crippen molar-refractivity contribution in [2.45, 2.75) is 27.9 Å². The number of hydrogen-bond donors (Lipinski definition) is 5. The molecule has 6 rings (SSSR count). The first-order chi connectivity index (χ1) is 23.7. The number of halogens is 2. The van der Waals surface area contributed by atoms with Crippen LogP contribution in [0.2, 0.25) is 0 Å². The molecule has 4 aromatic rings. The molecule has 15 nitrogen and oxygen atoms in total. The van der Waals surface area contributed by atoms with Gasteiger partial charge in [0.1, 0.15) is 22.6 Å². The van der Waals surface area contributed by atoms with Gasteiger partial charge in [0.25, 0.3) is 5.91 Å². The molecule has 0 spiro atoms. The minimum atomic E-state index is -1.47. The number of nitrogens with two attached hydrogens (primary N) is 2. The van der Waals surface area contributed by atoms with Gasteiger partial charge >= 0.3 is 17.8 Å². The molecule has 7 N–H and O–H groups in total. The number of hydrazine groups is 1. The van der Waals surface area contributed by atoms with Crippen LogP contribution in [0.1, 0.15) is 29.0 Å². The lowest BCUT2D eigenvalue weighted by Gasteiger charge is -2.50. The molecule has 4 amide bonds. The van der Waals surface area contributed by atoms with E-state index in [4.69, 9.17) is 16.3 Å². The number of carbonyl (C=O) groups excluding carboxylic acids is 5. The Hall–Kier alpha value is -4.24. The van der Waals surface area contributed by atoms with Crippen molar-refractivity contribution in [1.82, 2.24) is 36.1 Å². The predicted octanol–water partition coefficient (Wildman–Crippen LogP) is 2.35. The summed E-state index contributed by atoms with van der Waals surface area (Å²) in [6.45, 7) is 0. The highest BCUT2D eigenvalue weighted by atomic mass is 35.5. The SMILES string of the molecule is Cl.Cl.NNC(=O)C(=O)NC(C(=O)NC1C(=O)N2C(C(=O)OC(c3ccccc3)c3ccccc3)=C(CSc3nncs3)CS[C@@H]12)c1csc(N)n1. The van der Waals surface area contributed by atoms with E-state index in [1.165, 1.54) is 45.1 Å². The van der Waals surface area contributed by atoms with Crippen LogP contribution in [0.5, 0.6) is 0 Å². The lowest BCUT2D eigenvalue weighted by molar-refractivity contribution is -0.155. The minimum Gasteiger partial charge on any atom is -0.448 e. The highest BCUT2D eigenvalue weighted by Gasteiger charge is 2.55. The monoisotopic (exact) mass is 809 g/mol. The van der Waals surface area contributed by atoms with Crippen molar-refractivity contribution in [2.24, 2.45) is 5.84 Å². The van der Waals surface area contributed by atoms with Crippen molar-refractivity contribution < 1.29 is 28.7 Å². The fourth-order valence-electron chi connectivity index (χ4n) is 5.11. The van der Waals surface area contributed by atoms with Gasteiger partial charge in [0.2, 0.25) is 5.91 Å². The van der Waals surface area contributed by atoms with E-state index in [-0.39, 0.29) is 41.3 Å². The Balaban J connectivity index is 0.00000292. The molecule has 0 aliphatic carbocycles. The number of amides is 4. The first-order valence-electron chi connectivity index (χ1n) is 14.4. The van der Waals surface area contributed by atoms with Crippen molar-refractivity contribution in [2.75, 3.05) is 17.2 Å². The molecule has 2 unspecified atom stereocenters. The number of ether oxygens (including phenoxy) is 1. The summed E-state index contributed by atoms with van der Waals surface area (Å²) in [4.78, 5) is 71.1. The van der Waals surface area contributed by atoms with Crippen molar-refractivity contribution in [3.05, 3.63) is 99.6 Å². The van der Waals surface area contributed by atoms with Crippen LogP contribution in [0.3, 0.4) is 0 Å². The molecule has 2 aliphatic heterocycles. The maximum absolute atomic E-state index is 14.2. The van der Waals surface area contributed by atoms with Gasteiger partial charge in [-0.2, -0.15) is 0 Å². The molecule has 2 aromatic carbocycles. The number of thiazole rings is 1. The van der Waals surface area contributed by atoms with Crippen LogP contribution in [0.15, 0.2) is 87.2 Å². The van der Waals surface area contributed by atoms with Crippen LogP contribution in [0.25, 0.3) is 0 Å². The first-order valence-corrected chi connectivity index (χ1v) is 18.2. The number of anilines is 1. The van der Waals surface area contributed by atoms with Gasteiger partial charge in [-0.3, -0.25) is 29.5 Å². The zero-order valence-electron chi connectivity index (χ0n) is 26.0. The minimum absolute atomic E-state index is 0. The number of nitrogens with one attached hydrogen (secondary N) is 3. The molecule has 3 atom stereocenters. The molecular formula is C30H29Cl2N9O6S4. The predicted molar refractivity (Wildman–Crippen MR) is 198 cm³/mol. The number of rotatable bonds is 11. The highest BCUT2D eigenvalue weighted by Crippen LogP contribution is 2.43. The standard InChI is InChI=1S/C30H27N9O6S4.2ClH/c31-29-34-18(13-47-29)19(35-24(41)25(42)37-32)23(40)36-20-26(43)39-21(17(11-46-27(20)39)12-48-30-38-33-14-49-30)28(44)45-22(15-7-3-1-4-8-15)16-9-5-2-6-10-16;;/h1-10,13-14,19-20,22,27H,11-12,32H2,(H2,31,34)(H,35,41)(H,36,40)(H,37,42);2*1H/t19?,20?,27-;;/m0../s1. The largest absolute Gasteiger partial charge is 0.448 e. The molecule has 1 fully saturated rings. The van der Waals surface area contributed by atoms with Crippen LogP contribution >= 0.6 is 71.0 Å². The van der Waals surface area contributed by atoms with Crippen molar-refractivity contribution in [3.63, 3.8) is 0 Å². The number of benzene rings is 2. The molecule has 0 bridgehead atoms. The maximum Gasteiger partial charge on any atom is 0.356 e. The van der Waals surface area contributed by atoms with Gasteiger partial charge in [0.05, 0.1) is 5.69 Å². The molecule has 1 saturated heterocycles. The number of nitrogen functional groups attached to an aromatic ring is 1. The smallest absolute Gasteiger partial charge is 0.356 e. The quantitative estimate of drug-likeness (QED) is 0.0280. The summed E-state index contributed by atoms with van der Waals surface area (Å²) in [5.74, 6) is 1.28. The topological polar surface area (TPSA) is 225 Å². The third-order valence-corrected chi connectivity index (χ3v) is 11.4. The molecule has 0 saturated carbocycles. The van der Waals surface area contributed by atoms with Crippen LogP contribution in [-0.4, -0.2) is 72.6 Å². The van der Waals surface area contributed by atoms with Crippen LogP contribution in [0, 0.1) is 0 Å². The Morgan fingerprint density at radius 3 is 2.24 bits per heavy atom. The molecule has 51 heavy (non-hydrogen) atoms. The van der Waals surface area contributed by atoms with E-state index in [0.29, 0.717) is 21.4 Å². The van der Waals surface area contributed by atoms with Gasteiger partial charge in [-0.1, -0.05) is 83.8 Å². The summed E-state index contributed by atoms with van der Waals surface area (Å²) in [6.07, 6.45) is -0.764. The third-order valence-electron chi connectivity index (χ3n) is 7.39. The number of esters is 1. The van der Waals surface area contributed by atoms with E-state index in [1.807, 2.05) is 60.7 Å². The summed E-state index contributed by atoms with van der Waals surface area (Å²) in [5.41, 5.74) is 11.3. The fourth-order valence-corrected chi connectivity index (χ4v) is 8.67. The second-order valence-electron chi connectivity index (χ2n) is 10.4. The molecule has 2 aliphatic rings. The van der Waals surface area contributed by atoms with E-state index in [9.17, 15) is 24.0 Å². The first kappa shape index (κ1) is 39.5. The van der Waals surface area contributed by atoms with Crippen molar-refractivity contribution in [1.29, 1.82) is 0 Å². The number of thioether (sulfide) groups is 2. The Labute approximate surface area is 319 Å². The molecular weight excluding hydrogens is 782 g/mol. The summed E-state index contributed by atoms with van der Waals surface area (Å²) in [7, 11) is 0. The average Bonchev–Trinajstić information content (AvgIpc) is 3.82. The fraction of sp³-hybridized carbons (Fsp3) is 0.200. The number of aromatic nitrogens is 3. The molecule has 0 radical (unpaired) electrons. The molecule has 4 heterocycles. The average molecular weight is 811 g/mol. The number of β-lactam (4-membered cyclic amide) rings is 1. The zero-order valence-corrected chi connectivity index (χ0v) is 30.9. The summed E-state index contributed by atoms with van der Waals surface area (Å²) in [6, 6.07) is 16.0. The van der Waals surface area contributed by atoms with Crippen LogP contribution in [0.4, 0.5) is 5.13 Å². The van der Waals surface area contributed by atoms with E-state index in [0.717, 1.165) is 22.5 Å². The Morgan fingerprint density at radius 1 is 1.00 bits per heavy atom. The number of fused-ring (bicyclic) bond motifs is 1. The summed E-state index contributed by atoms with van der Waals surface area (Å²) >= 11 is 5.11. The van der Waals surface area contributed by atoms with Gasteiger partial charge in [-0.05, 0) is 16.7 Å². The number of carbonyl (C=O) groups is 5. The Bertz CT molecular complexity index is 1860. The Kier molecular flexibility index (Phi) is 13.8. The highest BCUT2D eigenvalue weighted by molar-refractivity contribution is 8.01. The summed E-state index contributed by atoms with van der Waals surface area (Å²) in [5, 5.41) is 13.8. The van der Waals surface area contributed by atoms with E-state index < -0.39 is 53.2 Å². The third kappa shape index (κ3) is 8.80. The van der Waals surface area contributed by atoms with Gasteiger partial charge in [-0.15, -0.1) is 58.1 Å². The second-order valence-corrected chi connectivity index (χ2v) is 14.5. The molecule has 21 heteroatoms. The normalized spacial score (nSPS) is 16.8. The van der Waals surface area contributed by atoms with Crippen LogP contribution < -0.4 is 27.6 Å². The second kappa shape index (κ2) is 17.8. The maximum atomic E-state index is 14.2. The summed E-state index contributed by atoms with van der Waals surface area (Å²) < 4.78 is 6.88. The molecule has 268 valence electrons. The van der Waals surface area contributed by atoms with Gasteiger partial charge in [0, 0.05) is 16.9 Å². The van der Waals surface area contributed by atoms with Gasteiger partial charge in [-0.25, -0.2) is 15.6 Å². The van der Waals surface area contributed by atoms with Crippen molar-refractivity contribution in [3.8, 4) is 0 Å².